The van der Waals surface area contributed by atoms with E-state index in [0.29, 0.717) is 5.41 Å². The molecule has 2 rings (SSSR count). The van der Waals surface area contributed by atoms with Crippen molar-refractivity contribution in [3.05, 3.63) is 30.1 Å². The van der Waals surface area contributed by atoms with E-state index in [1.807, 2.05) is 12.4 Å². The fourth-order valence-electron chi connectivity index (χ4n) is 3.02. The highest BCUT2D eigenvalue weighted by molar-refractivity contribution is 5.23. The SMILES string of the molecule is CNCC1(c2ccncc2)CCCCCC1. The van der Waals surface area contributed by atoms with Crippen molar-refractivity contribution in [3.63, 3.8) is 0 Å². The van der Waals surface area contributed by atoms with Gasteiger partial charge in [0.15, 0.2) is 0 Å². The minimum absolute atomic E-state index is 0.355. The number of nitrogens with zero attached hydrogens (tertiary/aromatic N) is 1. The van der Waals surface area contributed by atoms with Crippen molar-refractivity contribution >= 4 is 0 Å². The van der Waals surface area contributed by atoms with Gasteiger partial charge in [0, 0.05) is 24.4 Å². The van der Waals surface area contributed by atoms with E-state index in [2.05, 4.69) is 29.5 Å². The van der Waals surface area contributed by atoms with Crippen LogP contribution >= 0.6 is 0 Å². The van der Waals surface area contributed by atoms with Crippen molar-refractivity contribution < 1.29 is 0 Å². The molecular formula is C14H22N2. The van der Waals surface area contributed by atoms with Gasteiger partial charge in [-0.1, -0.05) is 25.7 Å². The van der Waals surface area contributed by atoms with Gasteiger partial charge in [0.05, 0.1) is 0 Å². The molecule has 1 saturated carbocycles. The Morgan fingerprint density at radius 2 is 1.75 bits per heavy atom. The van der Waals surface area contributed by atoms with E-state index in [0.717, 1.165) is 6.54 Å². The Balaban J connectivity index is 2.26. The monoisotopic (exact) mass is 218 g/mol. The van der Waals surface area contributed by atoms with Crippen LogP contribution < -0.4 is 5.32 Å². The molecule has 1 aliphatic carbocycles. The fraction of sp³-hybridized carbons (Fsp3) is 0.643. The molecule has 0 saturated heterocycles. The summed E-state index contributed by atoms with van der Waals surface area (Å²) in [5, 5.41) is 3.38. The Hall–Kier alpha value is -0.890. The van der Waals surface area contributed by atoms with E-state index in [9.17, 15) is 0 Å². The molecule has 0 unspecified atom stereocenters. The molecule has 0 spiro atoms. The predicted octanol–water partition coefficient (Wildman–Crippen LogP) is 2.89. The molecule has 0 bridgehead atoms. The second-order valence-electron chi connectivity index (χ2n) is 4.96. The lowest BCUT2D eigenvalue weighted by molar-refractivity contribution is 0.357. The topological polar surface area (TPSA) is 24.9 Å². The highest BCUT2D eigenvalue weighted by Gasteiger charge is 2.31. The van der Waals surface area contributed by atoms with Crippen LogP contribution in [0.25, 0.3) is 0 Å². The fourth-order valence-corrected chi connectivity index (χ4v) is 3.02. The Kier molecular flexibility index (Phi) is 3.94. The van der Waals surface area contributed by atoms with Gasteiger partial charge in [-0.2, -0.15) is 0 Å². The molecule has 0 radical (unpaired) electrons. The molecule has 16 heavy (non-hydrogen) atoms. The van der Waals surface area contributed by atoms with Gasteiger partial charge in [0.25, 0.3) is 0 Å². The molecule has 1 N–H and O–H groups in total. The molecule has 0 aromatic carbocycles. The molecule has 1 aromatic heterocycles. The van der Waals surface area contributed by atoms with Crippen molar-refractivity contribution in [1.82, 2.24) is 10.3 Å². The van der Waals surface area contributed by atoms with E-state index in [1.54, 1.807) is 0 Å². The number of rotatable bonds is 3. The Bertz CT molecular complexity index is 300. The largest absolute Gasteiger partial charge is 0.319 e. The smallest absolute Gasteiger partial charge is 0.0270 e. The second-order valence-corrected chi connectivity index (χ2v) is 4.96. The van der Waals surface area contributed by atoms with E-state index in [-0.39, 0.29) is 0 Å². The molecule has 1 fully saturated rings. The van der Waals surface area contributed by atoms with E-state index >= 15 is 0 Å². The van der Waals surface area contributed by atoms with Crippen LogP contribution in [0, 0.1) is 0 Å². The van der Waals surface area contributed by atoms with Gasteiger partial charge in [-0.15, -0.1) is 0 Å². The lowest BCUT2D eigenvalue weighted by atomic mass is 9.74. The summed E-state index contributed by atoms with van der Waals surface area (Å²) in [5.41, 5.74) is 1.83. The Morgan fingerprint density at radius 3 is 2.31 bits per heavy atom. The van der Waals surface area contributed by atoms with Crippen LogP contribution in [0.5, 0.6) is 0 Å². The minimum atomic E-state index is 0.355. The maximum atomic E-state index is 4.13. The van der Waals surface area contributed by atoms with E-state index < -0.39 is 0 Å². The van der Waals surface area contributed by atoms with Crippen molar-refractivity contribution in [2.75, 3.05) is 13.6 Å². The van der Waals surface area contributed by atoms with Gasteiger partial charge in [0.2, 0.25) is 0 Å². The summed E-state index contributed by atoms with van der Waals surface area (Å²) in [7, 11) is 2.06. The molecule has 0 aliphatic heterocycles. The summed E-state index contributed by atoms with van der Waals surface area (Å²) in [6.45, 7) is 1.09. The lowest BCUT2D eigenvalue weighted by Crippen LogP contribution is -2.36. The van der Waals surface area contributed by atoms with Crippen LogP contribution in [0.3, 0.4) is 0 Å². The first-order valence-corrected chi connectivity index (χ1v) is 6.42. The van der Waals surface area contributed by atoms with Gasteiger partial charge in [-0.05, 0) is 37.6 Å². The molecule has 1 aromatic rings. The number of pyridine rings is 1. The highest BCUT2D eigenvalue weighted by atomic mass is 14.8. The first-order chi connectivity index (χ1) is 7.87. The van der Waals surface area contributed by atoms with Crippen LogP contribution in [0.1, 0.15) is 44.1 Å². The first-order valence-electron chi connectivity index (χ1n) is 6.42. The van der Waals surface area contributed by atoms with E-state index in [4.69, 9.17) is 0 Å². The number of nitrogens with one attached hydrogen (secondary N) is 1. The van der Waals surface area contributed by atoms with Crippen LogP contribution in [-0.2, 0) is 5.41 Å². The number of likely N-dealkylation sites (N-methyl/N-ethyl adjacent to an activating group) is 1. The normalized spacial score (nSPS) is 20.3. The molecule has 0 amide bonds. The zero-order chi connectivity index (χ0) is 11.3. The molecule has 1 heterocycles. The number of hydrogen-bond acceptors (Lipinski definition) is 2. The zero-order valence-corrected chi connectivity index (χ0v) is 10.2. The second kappa shape index (κ2) is 5.44. The summed E-state index contributed by atoms with van der Waals surface area (Å²) in [6, 6.07) is 4.39. The standard InChI is InChI=1S/C14H22N2/c1-15-12-14(8-4-2-3-5-9-14)13-6-10-16-11-7-13/h6-7,10-11,15H,2-5,8-9,12H2,1H3. The van der Waals surface area contributed by atoms with Crippen molar-refractivity contribution in [2.24, 2.45) is 0 Å². The maximum Gasteiger partial charge on any atom is 0.0270 e. The van der Waals surface area contributed by atoms with Crippen LogP contribution in [-0.4, -0.2) is 18.6 Å². The molecule has 88 valence electrons. The van der Waals surface area contributed by atoms with Crippen LogP contribution in [0.15, 0.2) is 24.5 Å². The summed E-state index contributed by atoms with van der Waals surface area (Å²) in [4.78, 5) is 4.13. The summed E-state index contributed by atoms with van der Waals surface area (Å²) >= 11 is 0. The minimum Gasteiger partial charge on any atom is -0.319 e. The van der Waals surface area contributed by atoms with Crippen LogP contribution in [0.2, 0.25) is 0 Å². The number of hydrogen-bond donors (Lipinski definition) is 1. The molecule has 0 atom stereocenters. The van der Waals surface area contributed by atoms with Crippen LogP contribution in [0.4, 0.5) is 0 Å². The van der Waals surface area contributed by atoms with Gasteiger partial charge in [0.1, 0.15) is 0 Å². The number of aromatic nitrogens is 1. The third-order valence-corrected chi connectivity index (χ3v) is 3.87. The molecule has 1 aliphatic rings. The van der Waals surface area contributed by atoms with E-state index in [1.165, 1.54) is 44.1 Å². The average molecular weight is 218 g/mol. The zero-order valence-electron chi connectivity index (χ0n) is 10.2. The Morgan fingerprint density at radius 1 is 1.12 bits per heavy atom. The quantitative estimate of drug-likeness (QED) is 0.789. The third-order valence-electron chi connectivity index (χ3n) is 3.87. The first kappa shape index (κ1) is 11.6. The third kappa shape index (κ3) is 2.43. The van der Waals surface area contributed by atoms with Gasteiger partial charge in [-0.25, -0.2) is 0 Å². The van der Waals surface area contributed by atoms with Crippen molar-refractivity contribution in [3.8, 4) is 0 Å². The lowest BCUT2D eigenvalue weighted by Gasteiger charge is -2.33. The molecule has 2 heteroatoms. The summed E-state index contributed by atoms with van der Waals surface area (Å²) < 4.78 is 0. The molecule has 2 nitrogen and oxygen atoms in total. The summed E-state index contributed by atoms with van der Waals surface area (Å²) in [5.74, 6) is 0. The van der Waals surface area contributed by atoms with Gasteiger partial charge < -0.3 is 5.32 Å². The van der Waals surface area contributed by atoms with Gasteiger partial charge >= 0.3 is 0 Å². The molecular weight excluding hydrogens is 196 g/mol. The maximum absolute atomic E-state index is 4.13. The predicted molar refractivity (Wildman–Crippen MR) is 67.5 cm³/mol. The average Bonchev–Trinajstić information content (AvgIpc) is 2.57. The van der Waals surface area contributed by atoms with Crippen molar-refractivity contribution in [1.29, 1.82) is 0 Å². The Labute approximate surface area is 98.5 Å². The summed E-state index contributed by atoms with van der Waals surface area (Å²) in [6.07, 6.45) is 12.0. The van der Waals surface area contributed by atoms with Crippen molar-refractivity contribution in [2.45, 2.75) is 43.9 Å². The highest BCUT2D eigenvalue weighted by Crippen LogP contribution is 2.37. The van der Waals surface area contributed by atoms with Gasteiger partial charge in [-0.3, -0.25) is 4.98 Å².